The Hall–Kier alpha value is -1.35. The van der Waals surface area contributed by atoms with Gasteiger partial charge < -0.3 is 10.5 Å². The minimum atomic E-state index is -0.385. The molecule has 0 radical (unpaired) electrons. The minimum absolute atomic E-state index is 0.0722. The van der Waals surface area contributed by atoms with Crippen LogP contribution in [0, 0.1) is 22.2 Å². The van der Waals surface area contributed by atoms with Gasteiger partial charge in [0.2, 0.25) is 0 Å². The molecule has 2 rings (SSSR count). The molecule has 1 aliphatic heterocycles. The lowest BCUT2D eigenvalue weighted by molar-refractivity contribution is 0.0778. The summed E-state index contributed by atoms with van der Waals surface area (Å²) < 4.78 is 5.94. The van der Waals surface area contributed by atoms with E-state index in [-0.39, 0.29) is 33.6 Å². The molecule has 0 aromatic heterocycles. The van der Waals surface area contributed by atoms with Crippen molar-refractivity contribution in [2.75, 3.05) is 13.2 Å². The van der Waals surface area contributed by atoms with E-state index < -0.39 is 0 Å². The summed E-state index contributed by atoms with van der Waals surface area (Å²) in [7, 11) is 0. The first-order chi connectivity index (χ1) is 13.2. The number of aliphatic imine (C=N–C) groups is 1. The molecule has 0 fully saturated rings. The van der Waals surface area contributed by atoms with Crippen LogP contribution in [0.25, 0.3) is 0 Å². The van der Waals surface area contributed by atoms with Crippen LogP contribution in [0.15, 0.2) is 35.3 Å². The molecule has 1 aliphatic rings. The van der Waals surface area contributed by atoms with Crippen LogP contribution in [0.4, 0.5) is 0 Å². The molecule has 2 N–H and O–H groups in total. The summed E-state index contributed by atoms with van der Waals surface area (Å²) in [5, 5.41) is 0. The van der Waals surface area contributed by atoms with Crippen molar-refractivity contribution in [2.24, 2.45) is 32.9 Å². The summed E-state index contributed by atoms with van der Waals surface area (Å²) in [4.78, 5) is 4.68. The highest BCUT2D eigenvalue weighted by atomic mass is 16.5. The van der Waals surface area contributed by atoms with Gasteiger partial charge in [0.25, 0.3) is 0 Å². The highest BCUT2D eigenvalue weighted by Crippen LogP contribution is 2.50. The monoisotopic (exact) mass is 400 g/mol. The van der Waals surface area contributed by atoms with Crippen LogP contribution in [0.5, 0.6) is 0 Å². The summed E-state index contributed by atoms with van der Waals surface area (Å²) in [6, 6.07) is 10.8. The van der Waals surface area contributed by atoms with Gasteiger partial charge in [-0.3, -0.25) is 4.99 Å². The Morgan fingerprint density at radius 3 is 1.93 bits per heavy atom. The quantitative estimate of drug-likeness (QED) is 0.573. The lowest BCUT2D eigenvalue weighted by Crippen LogP contribution is -2.56. The molecule has 0 saturated heterocycles. The highest BCUT2D eigenvalue weighted by molar-refractivity contribution is 5.80. The summed E-state index contributed by atoms with van der Waals surface area (Å²) in [5.41, 5.74) is 8.40. The molecule has 0 aliphatic carbocycles. The van der Waals surface area contributed by atoms with E-state index in [4.69, 9.17) is 10.5 Å². The zero-order valence-corrected chi connectivity index (χ0v) is 20.3. The third kappa shape index (κ3) is 5.84. The molecular formula is C26H44N2O. The molecular weight excluding hydrogens is 356 g/mol. The van der Waals surface area contributed by atoms with E-state index in [0.29, 0.717) is 6.61 Å². The SMILES string of the molecule is CC(C)(C)CC(c1ccccc1)C(C)(N)C(C)(C)C[C@@H](C1=NCCO1)C(C)(C)C. The lowest BCUT2D eigenvalue weighted by atomic mass is 9.57. The van der Waals surface area contributed by atoms with Gasteiger partial charge in [0.1, 0.15) is 6.61 Å². The van der Waals surface area contributed by atoms with Crippen molar-refractivity contribution in [3.8, 4) is 0 Å². The summed E-state index contributed by atoms with van der Waals surface area (Å²) in [6.07, 6.45) is 2.00. The number of benzene rings is 1. The molecule has 0 amide bonds. The summed E-state index contributed by atoms with van der Waals surface area (Å²) >= 11 is 0. The molecule has 3 atom stereocenters. The predicted molar refractivity (Wildman–Crippen MR) is 125 cm³/mol. The topological polar surface area (TPSA) is 47.6 Å². The van der Waals surface area contributed by atoms with Crippen LogP contribution in [0.3, 0.4) is 0 Å². The third-order valence-electron chi connectivity index (χ3n) is 6.87. The van der Waals surface area contributed by atoms with Gasteiger partial charge in [-0.15, -0.1) is 0 Å². The highest BCUT2D eigenvalue weighted by Gasteiger charge is 2.48. The summed E-state index contributed by atoms with van der Waals surface area (Å²) in [6.45, 7) is 22.2. The molecule has 3 nitrogen and oxygen atoms in total. The number of hydrogen-bond donors (Lipinski definition) is 1. The van der Waals surface area contributed by atoms with Crippen molar-refractivity contribution in [3.05, 3.63) is 35.9 Å². The summed E-state index contributed by atoms with van der Waals surface area (Å²) in [5.74, 6) is 1.45. The van der Waals surface area contributed by atoms with Crippen molar-refractivity contribution in [3.63, 3.8) is 0 Å². The molecule has 164 valence electrons. The van der Waals surface area contributed by atoms with Gasteiger partial charge in [-0.1, -0.05) is 85.7 Å². The second-order valence-corrected chi connectivity index (χ2v) is 12.1. The van der Waals surface area contributed by atoms with Gasteiger partial charge in [-0.2, -0.15) is 0 Å². The van der Waals surface area contributed by atoms with Crippen LogP contribution in [-0.2, 0) is 4.74 Å². The largest absolute Gasteiger partial charge is 0.479 e. The van der Waals surface area contributed by atoms with Crippen molar-refractivity contribution >= 4 is 5.90 Å². The van der Waals surface area contributed by atoms with Crippen LogP contribution in [0.2, 0.25) is 0 Å². The molecule has 1 heterocycles. The van der Waals surface area contributed by atoms with E-state index in [1.165, 1.54) is 5.56 Å². The first-order valence-electron chi connectivity index (χ1n) is 11.2. The number of hydrogen-bond acceptors (Lipinski definition) is 3. The Morgan fingerprint density at radius 1 is 0.897 bits per heavy atom. The minimum Gasteiger partial charge on any atom is -0.479 e. The fourth-order valence-corrected chi connectivity index (χ4v) is 4.50. The standard InChI is InChI=1S/C26H44N2O/c1-23(2,3)17-20(19-13-11-10-12-14-19)26(9,27)25(7,8)18-21(24(4,5)6)22-28-15-16-29-22/h10-14,20-21H,15-18,27H2,1-9H3/t20?,21-,26?/m0/s1. The van der Waals surface area contributed by atoms with Crippen LogP contribution in [-0.4, -0.2) is 24.6 Å². The maximum atomic E-state index is 7.29. The molecule has 1 aromatic carbocycles. The Morgan fingerprint density at radius 2 is 1.48 bits per heavy atom. The maximum Gasteiger partial charge on any atom is 0.187 e. The van der Waals surface area contributed by atoms with Crippen LogP contribution < -0.4 is 5.73 Å². The van der Waals surface area contributed by atoms with E-state index in [1.807, 2.05) is 0 Å². The number of nitrogens with two attached hydrogens (primary N) is 1. The van der Waals surface area contributed by atoms with Crippen LogP contribution >= 0.6 is 0 Å². The van der Waals surface area contributed by atoms with Crippen molar-refractivity contribution in [2.45, 2.75) is 86.6 Å². The molecule has 29 heavy (non-hydrogen) atoms. The van der Waals surface area contributed by atoms with Gasteiger partial charge >= 0.3 is 0 Å². The van der Waals surface area contributed by atoms with E-state index >= 15 is 0 Å². The third-order valence-corrected chi connectivity index (χ3v) is 6.87. The van der Waals surface area contributed by atoms with E-state index in [2.05, 4.69) is 97.6 Å². The van der Waals surface area contributed by atoms with Crippen molar-refractivity contribution in [1.29, 1.82) is 0 Å². The van der Waals surface area contributed by atoms with E-state index in [1.54, 1.807) is 0 Å². The van der Waals surface area contributed by atoms with E-state index in [9.17, 15) is 0 Å². The van der Waals surface area contributed by atoms with Gasteiger partial charge in [0, 0.05) is 17.4 Å². The fraction of sp³-hybridized carbons (Fsp3) is 0.731. The second kappa shape index (κ2) is 8.41. The van der Waals surface area contributed by atoms with Gasteiger partial charge in [-0.25, -0.2) is 0 Å². The first-order valence-corrected chi connectivity index (χ1v) is 11.2. The molecule has 0 bridgehead atoms. The number of nitrogens with zero attached hydrogens (tertiary/aromatic N) is 1. The Kier molecular flexibility index (Phi) is 6.94. The maximum absolute atomic E-state index is 7.29. The van der Waals surface area contributed by atoms with Crippen molar-refractivity contribution in [1.82, 2.24) is 0 Å². The Bertz CT molecular complexity index is 690. The molecule has 3 heteroatoms. The van der Waals surface area contributed by atoms with Crippen LogP contribution in [0.1, 0.15) is 86.6 Å². The second-order valence-electron chi connectivity index (χ2n) is 12.1. The zero-order chi connectivity index (χ0) is 22.1. The van der Waals surface area contributed by atoms with Gasteiger partial charge in [0.05, 0.1) is 6.54 Å². The van der Waals surface area contributed by atoms with Crippen molar-refractivity contribution < 1.29 is 4.74 Å². The fourth-order valence-electron chi connectivity index (χ4n) is 4.50. The number of rotatable bonds is 7. The lowest BCUT2D eigenvalue weighted by Gasteiger charge is -2.51. The average molecular weight is 401 g/mol. The predicted octanol–water partition coefficient (Wildman–Crippen LogP) is 6.43. The molecule has 0 saturated carbocycles. The molecule has 1 aromatic rings. The zero-order valence-electron chi connectivity index (χ0n) is 20.3. The smallest absolute Gasteiger partial charge is 0.187 e. The Balaban J connectivity index is 2.42. The number of ether oxygens (including phenoxy) is 1. The van der Waals surface area contributed by atoms with Gasteiger partial charge in [-0.05, 0) is 41.6 Å². The first kappa shape index (κ1) is 23.9. The average Bonchev–Trinajstić information content (AvgIpc) is 3.10. The van der Waals surface area contributed by atoms with E-state index in [0.717, 1.165) is 25.3 Å². The Labute approximate surface area is 179 Å². The molecule has 0 spiro atoms. The molecule has 2 unspecified atom stereocenters. The van der Waals surface area contributed by atoms with Gasteiger partial charge in [0.15, 0.2) is 5.90 Å². The normalized spacial score (nSPS) is 19.9.